The van der Waals surface area contributed by atoms with Gasteiger partial charge in [0.1, 0.15) is 5.69 Å². The van der Waals surface area contributed by atoms with Gasteiger partial charge in [0.25, 0.3) is 11.7 Å². The number of halogens is 4. The Bertz CT molecular complexity index is 384. The van der Waals surface area contributed by atoms with E-state index in [1.807, 2.05) is 0 Å². The number of hydrogen-bond acceptors (Lipinski definition) is 3. The molecule has 1 aromatic heterocycles. The Balaban J connectivity index is 3.41. The molecule has 0 spiro atoms. The summed E-state index contributed by atoms with van der Waals surface area (Å²) in [7, 11) is 0. The van der Waals surface area contributed by atoms with Crippen molar-refractivity contribution in [3.8, 4) is 0 Å². The second-order valence-electron chi connectivity index (χ2n) is 2.36. The highest BCUT2D eigenvalue weighted by molar-refractivity contribution is 6.68. The molecule has 0 aliphatic rings. The van der Waals surface area contributed by atoms with Crippen LogP contribution >= 0.6 is 23.2 Å². The molecule has 0 amide bonds. The highest BCUT2D eigenvalue weighted by atomic mass is 35.5. The molecule has 1 rings (SSSR count). The predicted molar refractivity (Wildman–Crippen MR) is 48.8 cm³/mol. The van der Waals surface area contributed by atoms with Crippen LogP contribution in [0, 0.1) is 0 Å². The topological polar surface area (TPSA) is 56.0 Å². The minimum Gasteiger partial charge on any atom is -0.397 e. The number of pyridine rings is 1. The molecule has 0 saturated carbocycles. The predicted octanol–water partition coefficient (Wildman–Crippen LogP) is 2.63. The molecule has 7 heteroatoms. The number of alkyl halides is 2. The van der Waals surface area contributed by atoms with Gasteiger partial charge in [0.05, 0.1) is 22.5 Å². The third-order valence-electron chi connectivity index (χ3n) is 1.49. The molecule has 0 aliphatic heterocycles. The lowest BCUT2D eigenvalue weighted by atomic mass is 10.2. The highest BCUT2D eigenvalue weighted by Crippen LogP contribution is 2.33. The van der Waals surface area contributed by atoms with Gasteiger partial charge in [-0.25, -0.2) is 13.8 Å². The Labute approximate surface area is 87.8 Å². The Morgan fingerprint density at radius 2 is 2.14 bits per heavy atom. The van der Waals surface area contributed by atoms with Crippen molar-refractivity contribution in [2.75, 3.05) is 5.73 Å². The van der Waals surface area contributed by atoms with Crippen LogP contribution in [0.25, 0.3) is 0 Å². The number of nitrogen functional groups attached to an aromatic ring is 1. The average molecular weight is 241 g/mol. The summed E-state index contributed by atoms with van der Waals surface area (Å²) in [4.78, 5) is 14.1. The quantitative estimate of drug-likeness (QED) is 0.809. The number of carbonyl (C=O) groups excluding carboxylic acids is 1. The molecule has 1 aromatic rings. The molecule has 0 fully saturated rings. The lowest BCUT2D eigenvalue weighted by molar-refractivity contribution is 0.107. The summed E-state index contributed by atoms with van der Waals surface area (Å²) in [5, 5.41) is -1.50. The van der Waals surface area contributed by atoms with Crippen molar-refractivity contribution in [3.63, 3.8) is 0 Å². The van der Waals surface area contributed by atoms with E-state index >= 15 is 0 Å². The summed E-state index contributed by atoms with van der Waals surface area (Å²) in [6.07, 6.45) is -1.96. The van der Waals surface area contributed by atoms with Gasteiger partial charge in [-0.05, 0) is 11.6 Å². The van der Waals surface area contributed by atoms with Gasteiger partial charge >= 0.3 is 0 Å². The number of aromatic nitrogens is 1. The lowest BCUT2D eigenvalue weighted by Crippen LogP contribution is -2.03. The molecule has 0 radical (unpaired) electrons. The van der Waals surface area contributed by atoms with Crippen LogP contribution in [0.5, 0.6) is 0 Å². The Morgan fingerprint density at radius 3 is 2.57 bits per heavy atom. The maximum atomic E-state index is 12.4. The van der Waals surface area contributed by atoms with Crippen LogP contribution in [-0.2, 0) is 0 Å². The molecule has 0 aromatic carbocycles. The van der Waals surface area contributed by atoms with Gasteiger partial charge in [-0.3, -0.25) is 4.79 Å². The van der Waals surface area contributed by atoms with Crippen molar-refractivity contribution >= 4 is 34.1 Å². The van der Waals surface area contributed by atoms with Gasteiger partial charge < -0.3 is 5.73 Å². The normalized spacial score (nSPS) is 10.6. The zero-order valence-corrected chi connectivity index (χ0v) is 8.11. The molecule has 1 heterocycles. The first-order valence-electron chi connectivity index (χ1n) is 3.37. The first kappa shape index (κ1) is 11.1. The van der Waals surface area contributed by atoms with Gasteiger partial charge in [0.15, 0.2) is 0 Å². The van der Waals surface area contributed by atoms with E-state index in [2.05, 4.69) is 4.98 Å². The second-order valence-corrected chi connectivity index (χ2v) is 3.09. The monoisotopic (exact) mass is 240 g/mol. The van der Waals surface area contributed by atoms with E-state index in [0.29, 0.717) is 0 Å². The van der Waals surface area contributed by atoms with E-state index in [1.54, 1.807) is 0 Å². The van der Waals surface area contributed by atoms with E-state index in [0.717, 1.165) is 6.20 Å². The lowest BCUT2D eigenvalue weighted by Gasteiger charge is -2.07. The summed E-state index contributed by atoms with van der Waals surface area (Å²) < 4.78 is 24.8. The molecule has 3 nitrogen and oxygen atoms in total. The number of nitrogens with two attached hydrogens (primary N) is 1. The van der Waals surface area contributed by atoms with Crippen molar-refractivity contribution in [1.29, 1.82) is 0 Å². The summed E-state index contributed by atoms with van der Waals surface area (Å²) in [5.41, 5.74) is 3.90. The van der Waals surface area contributed by atoms with Crippen molar-refractivity contribution in [2.24, 2.45) is 0 Å². The molecule has 76 valence electrons. The SMILES string of the molecule is Nc1cnc(C(=O)Cl)c(Cl)c1C(F)F. The zero-order chi connectivity index (χ0) is 10.9. The molecule has 0 bridgehead atoms. The van der Waals surface area contributed by atoms with Crippen LogP contribution in [0.4, 0.5) is 14.5 Å². The van der Waals surface area contributed by atoms with E-state index < -0.39 is 27.9 Å². The summed E-state index contributed by atoms with van der Waals surface area (Å²) >= 11 is 10.5. The minimum atomic E-state index is -2.87. The van der Waals surface area contributed by atoms with E-state index in [9.17, 15) is 13.6 Å². The van der Waals surface area contributed by atoms with Crippen molar-refractivity contribution in [3.05, 3.63) is 22.5 Å². The van der Waals surface area contributed by atoms with Crippen LogP contribution in [0.3, 0.4) is 0 Å². The maximum absolute atomic E-state index is 12.4. The largest absolute Gasteiger partial charge is 0.397 e. The molecular formula is C7H4Cl2F2N2O. The number of carbonyl (C=O) groups is 1. The van der Waals surface area contributed by atoms with Crippen LogP contribution in [0.1, 0.15) is 22.5 Å². The van der Waals surface area contributed by atoms with E-state index in [4.69, 9.17) is 28.9 Å². The van der Waals surface area contributed by atoms with Gasteiger partial charge in [-0.15, -0.1) is 0 Å². The van der Waals surface area contributed by atoms with Gasteiger partial charge in [-0.2, -0.15) is 0 Å². The van der Waals surface area contributed by atoms with Crippen LogP contribution in [0.15, 0.2) is 6.20 Å². The highest BCUT2D eigenvalue weighted by Gasteiger charge is 2.21. The fraction of sp³-hybridized carbons (Fsp3) is 0.143. The maximum Gasteiger partial charge on any atom is 0.272 e. The van der Waals surface area contributed by atoms with Crippen LogP contribution in [-0.4, -0.2) is 10.2 Å². The fourth-order valence-electron chi connectivity index (χ4n) is 0.873. The molecule has 0 atom stereocenters. The van der Waals surface area contributed by atoms with E-state index in [1.165, 1.54) is 0 Å². The minimum absolute atomic E-state index is 0.272. The first-order valence-corrected chi connectivity index (χ1v) is 4.12. The molecule has 0 unspecified atom stereocenters. The molecule has 2 N–H and O–H groups in total. The van der Waals surface area contributed by atoms with Crippen molar-refractivity contribution in [2.45, 2.75) is 6.43 Å². The standard InChI is InChI=1S/C7H4Cl2F2N2O/c8-4-3(7(10)11)2(12)1-13-5(4)6(9)14/h1,7H,12H2. The smallest absolute Gasteiger partial charge is 0.272 e. The number of nitrogens with zero attached hydrogens (tertiary/aromatic N) is 1. The Kier molecular flexibility index (Phi) is 3.23. The zero-order valence-electron chi connectivity index (χ0n) is 6.60. The second kappa shape index (κ2) is 4.06. The van der Waals surface area contributed by atoms with Crippen LogP contribution in [0.2, 0.25) is 5.02 Å². The number of anilines is 1. The van der Waals surface area contributed by atoms with Gasteiger partial charge in [-0.1, -0.05) is 11.6 Å². The number of hydrogen-bond donors (Lipinski definition) is 1. The fourth-order valence-corrected chi connectivity index (χ4v) is 1.39. The van der Waals surface area contributed by atoms with E-state index in [-0.39, 0.29) is 5.69 Å². The van der Waals surface area contributed by atoms with Crippen molar-refractivity contribution < 1.29 is 13.6 Å². The average Bonchev–Trinajstić information content (AvgIpc) is 2.02. The third kappa shape index (κ3) is 1.93. The van der Waals surface area contributed by atoms with Gasteiger partial charge in [0.2, 0.25) is 0 Å². The third-order valence-corrected chi connectivity index (χ3v) is 2.05. The van der Waals surface area contributed by atoms with Gasteiger partial charge in [0, 0.05) is 0 Å². The van der Waals surface area contributed by atoms with Crippen molar-refractivity contribution in [1.82, 2.24) is 4.98 Å². The first-order chi connectivity index (χ1) is 6.45. The summed E-state index contributed by atoms with van der Waals surface area (Å²) in [6, 6.07) is 0. The Hall–Kier alpha value is -0.940. The molecule has 0 saturated heterocycles. The summed E-state index contributed by atoms with van der Waals surface area (Å²) in [6.45, 7) is 0. The molecular weight excluding hydrogens is 237 g/mol. The molecule has 14 heavy (non-hydrogen) atoms. The Morgan fingerprint density at radius 1 is 1.57 bits per heavy atom. The summed E-state index contributed by atoms with van der Waals surface area (Å²) in [5.74, 6) is 0. The van der Waals surface area contributed by atoms with Crippen LogP contribution < -0.4 is 5.73 Å². The molecule has 0 aliphatic carbocycles. The number of rotatable bonds is 2.